The van der Waals surface area contributed by atoms with Gasteiger partial charge < -0.3 is 9.67 Å². The molecule has 0 saturated carbocycles. The monoisotopic (exact) mass is 330 g/mol. The van der Waals surface area contributed by atoms with Crippen molar-refractivity contribution in [1.82, 2.24) is 9.47 Å². The highest BCUT2D eigenvalue weighted by atomic mass is 19.1. The smallest absolute Gasteiger partial charge is 0.323 e. The van der Waals surface area contributed by atoms with E-state index in [1.807, 2.05) is 6.92 Å². The summed E-state index contributed by atoms with van der Waals surface area (Å²) in [4.78, 5) is 13.6. The Hall–Kier alpha value is -2.14. The largest absolute Gasteiger partial charge is 0.480 e. The number of carbonyl (C=O) groups is 1. The third-order valence-corrected chi connectivity index (χ3v) is 4.67. The van der Waals surface area contributed by atoms with Crippen LogP contribution in [0.15, 0.2) is 24.3 Å². The maximum Gasteiger partial charge on any atom is 0.323 e. The fourth-order valence-corrected chi connectivity index (χ4v) is 3.69. The fourth-order valence-electron chi connectivity index (χ4n) is 3.69. The highest BCUT2D eigenvalue weighted by Crippen LogP contribution is 2.34. The van der Waals surface area contributed by atoms with Crippen molar-refractivity contribution in [3.63, 3.8) is 0 Å². The summed E-state index contributed by atoms with van der Waals surface area (Å²) in [7, 11) is 0. The summed E-state index contributed by atoms with van der Waals surface area (Å²) in [6.07, 6.45) is 4.28. The molecule has 0 unspecified atom stereocenters. The Balaban J connectivity index is 2.13. The molecule has 0 spiro atoms. The number of benzene rings is 1. The third kappa shape index (κ3) is 3.08. The van der Waals surface area contributed by atoms with Crippen LogP contribution in [0.1, 0.15) is 31.0 Å². The lowest BCUT2D eigenvalue weighted by molar-refractivity contribution is -0.137. The van der Waals surface area contributed by atoms with E-state index in [2.05, 4.69) is 17.9 Å². The van der Waals surface area contributed by atoms with Gasteiger partial charge in [-0.1, -0.05) is 13.0 Å². The Labute approximate surface area is 141 Å². The molecule has 0 bridgehead atoms. The first-order chi connectivity index (χ1) is 11.5. The maximum atomic E-state index is 13.8. The van der Waals surface area contributed by atoms with E-state index in [1.54, 1.807) is 10.6 Å². The maximum absolute atomic E-state index is 13.8. The molecule has 1 aromatic carbocycles. The van der Waals surface area contributed by atoms with Crippen LogP contribution in [0.25, 0.3) is 16.5 Å². The van der Waals surface area contributed by atoms with Crippen LogP contribution >= 0.6 is 0 Å². The molecule has 1 N–H and O–H groups in total. The zero-order chi connectivity index (χ0) is 17.3. The van der Waals surface area contributed by atoms with Gasteiger partial charge in [-0.3, -0.25) is 9.69 Å². The topological polar surface area (TPSA) is 45.5 Å². The first-order valence-corrected chi connectivity index (χ1v) is 8.43. The normalized spacial score (nSPS) is 15.7. The van der Waals surface area contributed by atoms with Gasteiger partial charge in [0.2, 0.25) is 0 Å². The van der Waals surface area contributed by atoms with Crippen molar-refractivity contribution >= 4 is 22.4 Å². The molecule has 3 rings (SSSR count). The Morgan fingerprint density at radius 1 is 1.38 bits per heavy atom. The van der Waals surface area contributed by atoms with Crippen molar-refractivity contribution in [3.8, 4) is 0 Å². The van der Waals surface area contributed by atoms with Gasteiger partial charge in [0.1, 0.15) is 12.4 Å². The van der Waals surface area contributed by atoms with Crippen LogP contribution in [0.2, 0.25) is 0 Å². The number of hydrogen-bond acceptors (Lipinski definition) is 2. The van der Waals surface area contributed by atoms with Crippen LogP contribution in [-0.2, 0) is 11.3 Å². The standard InChI is InChI=1S/C19H23FN2O2/c1-3-8-21-9-4-5-14(11-21)19-13(2)22(12-18(23)24)17-7-6-15(20)10-16(17)19/h5-7,10H,3-4,8-9,11-12H2,1-2H3,(H,23,24). The van der Waals surface area contributed by atoms with Crippen molar-refractivity contribution in [2.75, 3.05) is 19.6 Å². The molecule has 0 amide bonds. The first kappa shape index (κ1) is 16.7. The molecule has 1 aliphatic rings. The minimum Gasteiger partial charge on any atom is -0.480 e. The molecule has 128 valence electrons. The van der Waals surface area contributed by atoms with E-state index in [0.717, 1.165) is 54.6 Å². The van der Waals surface area contributed by atoms with Gasteiger partial charge in [-0.25, -0.2) is 4.39 Å². The van der Waals surface area contributed by atoms with E-state index in [-0.39, 0.29) is 12.4 Å². The number of carboxylic acids is 1. The molecule has 0 radical (unpaired) electrons. The van der Waals surface area contributed by atoms with E-state index in [1.165, 1.54) is 17.7 Å². The number of nitrogens with zero attached hydrogens (tertiary/aromatic N) is 2. The molecule has 5 heteroatoms. The Bertz CT molecular complexity index is 807. The Morgan fingerprint density at radius 2 is 2.17 bits per heavy atom. The molecule has 1 aliphatic heterocycles. The van der Waals surface area contributed by atoms with Crippen LogP contribution in [-0.4, -0.2) is 40.2 Å². The summed E-state index contributed by atoms with van der Waals surface area (Å²) < 4.78 is 15.6. The number of fused-ring (bicyclic) bond motifs is 1. The molecular formula is C19H23FN2O2. The molecule has 24 heavy (non-hydrogen) atoms. The number of halogens is 1. The van der Waals surface area contributed by atoms with Crippen LogP contribution < -0.4 is 0 Å². The predicted molar refractivity (Wildman–Crippen MR) is 93.6 cm³/mol. The number of aliphatic carboxylic acids is 1. The number of carboxylic acid groups (broad SMARTS) is 1. The van der Waals surface area contributed by atoms with Gasteiger partial charge in [0.15, 0.2) is 0 Å². The number of hydrogen-bond donors (Lipinski definition) is 1. The van der Waals surface area contributed by atoms with Gasteiger partial charge >= 0.3 is 5.97 Å². The van der Waals surface area contributed by atoms with E-state index in [9.17, 15) is 14.3 Å². The highest BCUT2D eigenvalue weighted by molar-refractivity contribution is 5.96. The lowest BCUT2D eigenvalue weighted by Crippen LogP contribution is -2.30. The zero-order valence-electron chi connectivity index (χ0n) is 14.2. The molecular weight excluding hydrogens is 307 g/mol. The average molecular weight is 330 g/mol. The summed E-state index contributed by atoms with van der Waals surface area (Å²) in [6, 6.07) is 4.59. The predicted octanol–water partition coefficient (Wildman–Crippen LogP) is 3.67. The van der Waals surface area contributed by atoms with Crippen molar-refractivity contribution in [3.05, 3.63) is 41.3 Å². The van der Waals surface area contributed by atoms with E-state index in [4.69, 9.17) is 0 Å². The van der Waals surface area contributed by atoms with Gasteiger partial charge in [-0.15, -0.1) is 0 Å². The van der Waals surface area contributed by atoms with Crippen molar-refractivity contribution < 1.29 is 14.3 Å². The van der Waals surface area contributed by atoms with Crippen LogP contribution in [0, 0.1) is 12.7 Å². The SMILES string of the molecule is CCCN1CCC=C(c2c(C)n(CC(=O)O)c3ccc(F)cc23)C1. The van der Waals surface area contributed by atoms with Crippen LogP contribution in [0.4, 0.5) is 4.39 Å². The fraction of sp³-hybridized carbons (Fsp3) is 0.421. The molecule has 2 heterocycles. The van der Waals surface area contributed by atoms with Gasteiger partial charge in [0.25, 0.3) is 0 Å². The van der Waals surface area contributed by atoms with Gasteiger partial charge in [0.05, 0.1) is 0 Å². The quantitative estimate of drug-likeness (QED) is 0.910. The van der Waals surface area contributed by atoms with Crippen LogP contribution in [0.3, 0.4) is 0 Å². The van der Waals surface area contributed by atoms with Crippen molar-refractivity contribution in [2.45, 2.75) is 33.2 Å². The van der Waals surface area contributed by atoms with Crippen LogP contribution in [0.5, 0.6) is 0 Å². The lowest BCUT2D eigenvalue weighted by Gasteiger charge is -2.27. The molecule has 1 aromatic heterocycles. The second-order valence-electron chi connectivity index (χ2n) is 6.40. The van der Waals surface area contributed by atoms with Gasteiger partial charge in [-0.2, -0.15) is 0 Å². The Kier molecular flexibility index (Phi) is 4.71. The molecule has 4 nitrogen and oxygen atoms in total. The second-order valence-corrected chi connectivity index (χ2v) is 6.40. The van der Waals surface area contributed by atoms with E-state index >= 15 is 0 Å². The van der Waals surface area contributed by atoms with Crippen molar-refractivity contribution in [2.24, 2.45) is 0 Å². The van der Waals surface area contributed by atoms with Crippen molar-refractivity contribution in [1.29, 1.82) is 0 Å². The Morgan fingerprint density at radius 3 is 2.88 bits per heavy atom. The summed E-state index contributed by atoms with van der Waals surface area (Å²) in [6.45, 7) is 6.89. The molecule has 2 aromatic rings. The van der Waals surface area contributed by atoms with Gasteiger partial charge in [0, 0.05) is 35.2 Å². The minimum absolute atomic E-state index is 0.111. The summed E-state index contributed by atoms with van der Waals surface area (Å²) in [5, 5.41) is 10.0. The lowest BCUT2D eigenvalue weighted by atomic mass is 9.98. The van der Waals surface area contributed by atoms with E-state index < -0.39 is 5.97 Å². The second kappa shape index (κ2) is 6.77. The van der Waals surface area contributed by atoms with Gasteiger partial charge in [-0.05, 0) is 50.1 Å². The minimum atomic E-state index is -0.892. The first-order valence-electron chi connectivity index (χ1n) is 8.43. The number of rotatable bonds is 5. The zero-order valence-corrected chi connectivity index (χ0v) is 14.2. The average Bonchev–Trinajstić information content (AvgIpc) is 2.79. The molecule has 0 saturated heterocycles. The van der Waals surface area contributed by atoms with E-state index in [0.29, 0.717) is 0 Å². The summed E-state index contributed by atoms with van der Waals surface area (Å²) in [5.41, 5.74) is 3.83. The highest BCUT2D eigenvalue weighted by Gasteiger charge is 2.22. The molecule has 0 atom stereocenters. The number of aromatic nitrogens is 1. The molecule has 0 aliphatic carbocycles. The molecule has 0 fully saturated rings. The summed E-state index contributed by atoms with van der Waals surface area (Å²) >= 11 is 0. The summed E-state index contributed by atoms with van der Waals surface area (Å²) in [5.74, 6) is -1.19. The third-order valence-electron chi connectivity index (χ3n) is 4.67.